The van der Waals surface area contributed by atoms with Gasteiger partial charge in [0.25, 0.3) is 0 Å². The Balaban J connectivity index is 1.14. The minimum atomic E-state index is 0.320. The van der Waals surface area contributed by atoms with Gasteiger partial charge in [-0.1, -0.05) is 66.7 Å². The molecule has 0 unspecified atom stereocenters. The average molecular weight is 740 g/mol. The van der Waals surface area contributed by atoms with Gasteiger partial charge in [0.1, 0.15) is 34.5 Å². The summed E-state index contributed by atoms with van der Waals surface area (Å²) in [5.41, 5.74) is 11.8. The number of aromatic nitrogens is 2. The summed E-state index contributed by atoms with van der Waals surface area (Å²) in [6.07, 6.45) is 0. The maximum atomic E-state index is 10.3. The van der Waals surface area contributed by atoms with Crippen LogP contribution in [-0.2, 0) is 0 Å². The van der Waals surface area contributed by atoms with Gasteiger partial charge in [-0.15, -0.1) is 0 Å². The van der Waals surface area contributed by atoms with E-state index in [4.69, 9.17) is 15.4 Å². The Morgan fingerprint density at radius 2 is 1.02 bits per heavy atom. The van der Waals surface area contributed by atoms with Crippen LogP contribution in [0.5, 0.6) is 0 Å². The van der Waals surface area contributed by atoms with Crippen molar-refractivity contribution in [3.05, 3.63) is 174 Å². The Labute approximate surface area is 329 Å². The Morgan fingerprint density at radius 3 is 1.62 bits per heavy atom. The van der Waals surface area contributed by atoms with E-state index in [1.165, 1.54) is 0 Å². The highest BCUT2D eigenvalue weighted by Crippen LogP contribution is 2.43. The van der Waals surface area contributed by atoms with Crippen LogP contribution in [-0.4, -0.2) is 9.13 Å². The van der Waals surface area contributed by atoms with Crippen LogP contribution >= 0.6 is 0 Å². The van der Waals surface area contributed by atoms with E-state index in [0.29, 0.717) is 22.5 Å². The molecule has 4 heterocycles. The SMILES string of the molecule is [C-]#[N+]c1cccc(-n2c3ccc(-c4ccc5c(c4)c4cc6c(cc4n5-c4cccc(C#N)c4C#N)oc4ccccc46)cc3c3cc4c(cc32)oc2ccccc24)c1. The van der Waals surface area contributed by atoms with Crippen molar-refractivity contribution < 1.29 is 8.83 Å². The van der Waals surface area contributed by atoms with Crippen molar-refractivity contribution in [1.29, 1.82) is 10.5 Å². The molecule has 266 valence electrons. The van der Waals surface area contributed by atoms with Crippen molar-refractivity contribution in [2.75, 3.05) is 0 Å². The molecule has 0 aliphatic carbocycles. The summed E-state index contributed by atoms with van der Waals surface area (Å²) >= 11 is 0. The molecule has 0 bridgehead atoms. The molecule has 0 aliphatic heterocycles. The smallest absolute Gasteiger partial charge is 0.189 e. The van der Waals surface area contributed by atoms with E-state index in [-0.39, 0.29) is 0 Å². The van der Waals surface area contributed by atoms with Crippen LogP contribution in [0.1, 0.15) is 11.1 Å². The van der Waals surface area contributed by atoms with E-state index < -0.39 is 0 Å². The zero-order chi connectivity index (χ0) is 38.6. The molecule has 0 saturated heterocycles. The zero-order valence-electron chi connectivity index (χ0n) is 30.5. The van der Waals surface area contributed by atoms with Gasteiger partial charge in [-0.3, -0.25) is 0 Å². The molecule has 0 saturated carbocycles. The standard InChI is InChI=1S/C51H25N5O2/c1-54-32-9-7-10-33(22-32)55-44-18-16-29(20-36(44)38-23-40-34-11-2-4-14-48(34)57-50(40)25-46(38)55)30-17-19-45-37(21-30)39-24-41-35-12-3-5-15-49(35)58-51(41)26-47(39)56(45)43-13-6-8-31(27-52)42(43)28-53/h2-26H. The Morgan fingerprint density at radius 1 is 0.448 bits per heavy atom. The van der Waals surface area contributed by atoms with Gasteiger partial charge in [0, 0.05) is 60.9 Å². The monoisotopic (exact) mass is 739 g/mol. The maximum absolute atomic E-state index is 10.3. The molecular weight excluding hydrogens is 715 g/mol. The number of nitrogens with zero attached hydrogens (tertiary/aromatic N) is 5. The van der Waals surface area contributed by atoms with E-state index in [0.717, 1.165) is 104 Å². The van der Waals surface area contributed by atoms with Crippen LogP contribution < -0.4 is 0 Å². The Kier molecular flexibility index (Phi) is 6.41. The van der Waals surface area contributed by atoms with Gasteiger partial charge in [0.2, 0.25) is 0 Å². The minimum absolute atomic E-state index is 0.320. The third-order valence-corrected chi connectivity index (χ3v) is 11.6. The summed E-state index contributed by atoms with van der Waals surface area (Å²) in [6.45, 7) is 7.72. The molecule has 0 radical (unpaired) electrons. The van der Waals surface area contributed by atoms with Crippen LogP contribution in [0.4, 0.5) is 5.69 Å². The molecule has 4 aromatic heterocycles. The molecule has 58 heavy (non-hydrogen) atoms. The van der Waals surface area contributed by atoms with E-state index in [1.54, 1.807) is 6.07 Å². The summed E-state index contributed by atoms with van der Waals surface area (Å²) in [4.78, 5) is 3.73. The van der Waals surface area contributed by atoms with Gasteiger partial charge in [-0.2, -0.15) is 10.5 Å². The highest BCUT2D eigenvalue weighted by molar-refractivity contribution is 6.20. The molecular formula is C51H25N5O2. The lowest BCUT2D eigenvalue weighted by Gasteiger charge is -2.11. The van der Waals surface area contributed by atoms with Gasteiger partial charge in [-0.25, -0.2) is 4.85 Å². The first-order valence-corrected chi connectivity index (χ1v) is 18.8. The number of para-hydroxylation sites is 2. The van der Waals surface area contributed by atoms with E-state index in [1.807, 2.05) is 72.8 Å². The predicted molar refractivity (Wildman–Crippen MR) is 231 cm³/mol. The molecule has 0 amide bonds. The third kappa shape index (κ3) is 4.34. The van der Waals surface area contributed by atoms with Crippen molar-refractivity contribution in [2.45, 2.75) is 0 Å². The molecule has 12 aromatic rings. The minimum Gasteiger partial charge on any atom is -0.456 e. The van der Waals surface area contributed by atoms with Crippen LogP contribution in [0.15, 0.2) is 160 Å². The molecule has 7 heteroatoms. The quantitative estimate of drug-likeness (QED) is 0.169. The zero-order valence-corrected chi connectivity index (χ0v) is 30.5. The number of furan rings is 2. The second-order valence-electron chi connectivity index (χ2n) is 14.6. The lowest BCUT2D eigenvalue weighted by atomic mass is 10.00. The Hall–Kier alpha value is -8.57. The molecule has 0 atom stereocenters. The predicted octanol–water partition coefficient (Wildman–Crippen LogP) is 13.6. The maximum Gasteiger partial charge on any atom is 0.189 e. The number of nitriles is 2. The summed E-state index contributed by atoms with van der Waals surface area (Å²) in [5.74, 6) is 0. The van der Waals surface area contributed by atoms with Crippen molar-refractivity contribution in [2.24, 2.45) is 0 Å². The molecule has 7 nitrogen and oxygen atoms in total. The largest absolute Gasteiger partial charge is 0.456 e. The lowest BCUT2D eigenvalue weighted by molar-refractivity contribution is 0.669. The molecule has 0 fully saturated rings. The number of hydrogen-bond acceptors (Lipinski definition) is 4. The highest BCUT2D eigenvalue weighted by atomic mass is 16.3. The van der Waals surface area contributed by atoms with Crippen LogP contribution in [0, 0.1) is 29.2 Å². The van der Waals surface area contributed by atoms with Gasteiger partial charge in [0.05, 0.1) is 45.5 Å². The summed E-state index contributed by atoms with van der Waals surface area (Å²) in [7, 11) is 0. The average Bonchev–Trinajstić information content (AvgIpc) is 4.01. The van der Waals surface area contributed by atoms with E-state index >= 15 is 0 Å². The Bertz CT molecular complexity index is 3910. The van der Waals surface area contributed by atoms with E-state index in [2.05, 4.69) is 98.9 Å². The highest BCUT2D eigenvalue weighted by Gasteiger charge is 2.21. The first kappa shape index (κ1) is 31.7. The molecule has 8 aromatic carbocycles. The summed E-state index contributed by atoms with van der Waals surface area (Å²) in [6, 6.07) is 55.4. The van der Waals surface area contributed by atoms with Gasteiger partial charge in [-0.05, 0) is 83.9 Å². The first-order valence-electron chi connectivity index (χ1n) is 18.8. The fourth-order valence-electron chi connectivity index (χ4n) is 9.01. The normalized spacial score (nSPS) is 11.7. The van der Waals surface area contributed by atoms with Crippen LogP contribution in [0.2, 0.25) is 0 Å². The molecule has 12 rings (SSSR count). The first-order chi connectivity index (χ1) is 28.6. The van der Waals surface area contributed by atoms with Crippen molar-refractivity contribution in [3.63, 3.8) is 0 Å². The number of hydrogen-bond donors (Lipinski definition) is 0. The van der Waals surface area contributed by atoms with Gasteiger partial charge >= 0.3 is 0 Å². The summed E-state index contributed by atoms with van der Waals surface area (Å²) < 4.78 is 17.0. The summed E-state index contributed by atoms with van der Waals surface area (Å²) in [5, 5.41) is 28.6. The van der Waals surface area contributed by atoms with Crippen molar-refractivity contribution >= 4 is 93.2 Å². The van der Waals surface area contributed by atoms with Gasteiger partial charge < -0.3 is 18.0 Å². The van der Waals surface area contributed by atoms with Crippen LogP contribution in [0.25, 0.3) is 115 Å². The topological polar surface area (TPSA) is 88.1 Å². The fourth-order valence-corrected chi connectivity index (χ4v) is 9.01. The molecule has 0 spiro atoms. The lowest BCUT2D eigenvalue weighted by Crippen LogP contribution is -1.99. The number of benzene rings is 8. The fraction of sp³-hybridized carbons (Fsp3) is 0. The second-order valence-corrected chi connectivity index (χ2v) is 14.6. The second kappa shape index (κ2) is 11.7. The third-order valence-electron chi connectivity index (χ3n) is 11.6. The van der Waals surface area contributed by atoms with E-state index in [9.17, 15) is 10.5 Å². The number of rotatable bonds is 3. The van der Waals surface area contributed by atoms with Crippen molar-refractivity contribution in [3.8, 4) is 34.6 Å². The number of fused-ring (bicyclic) bond motifs is 12. The van der Waals surface area contributed by atoms with Crippen LogP contribution in [0.3, 0.4) is 0 Å². The molecule has 0 N–H and O–H groups in total. The van der Waals surface area contributed by atoms with Crippen molar-refractivity contribution in [1.82, 2.24) is 9.13 Å². The van der Waals surface area contributed by atoms with Gasteiger partial charge in [0.15, 0.2) is 5.69 Å². The molecule has 0 aliphatic rings.